The van der Waals surface area contributed by atoms with Crippen LogP contribution >= 0.6 is 11.8 Å². The Hall–Kier alpha value is -2.66. The molecule has 1 saturated heterocycles. The fourth-order valence-electron chi connectivity index (χ4n) is 3.91. The number of carbonyl (C=O) groups is 1. The molecule has 4 nitrogen and oxygen atoms in total. The zero-order valence-corrected chi connectivity index (χ0v) is 21.4. The first-order chi connectivity index (χ1) is 16.0. The third-order valence-corrected chi connectivity index (χ3v) is 7.19. The summed E-state index contributed by atoms with van der Waals surface area (Å²) in [7, 11) is 5.22. The molecule has 178 valence electrons. The predicted octanol–water partition coefficient (Wildman–Crippen LogP) is 6.87. The lowest BCUT2D eigenvalue weighted by atomic mass is 9.93. The van der Waals surface area contributed by atoms with Crippen LogP contribution in [0.3, 0.4) is 0 Å². The van der Waals surface area contributed by atoms with E-state index in [0.717, 1.165) is 52.4 Å². The Morgan fingerprint density at radius 3 is 2.42 bits per heavy atom. The van der Waals surface area contributed by atoms with E-state index in [2.05, 4.69) is 13.2 Å². The molecule has 0 aromatic heterocycles. The van der Waals surface area contributed by atoms with Crippen molar-refractivity contribution in [2.24, 2.45) is 0 Å². The molecule has 0 radical (unpaired) electrons. The highest BCUT2D eigenvalue weighted by Crippen LogP contribution is 2.36. The Kier molecular flexibility index (Phi) is 10.6. The Morgan fingerprint density at radius 1 is 1.18 bits per heavy atom. The minimum atomic E-state index is -0.114. The second kappa shape index (κ2) is 13.1. The molecule has 1 aliphatic heterocycles. The Morgan fingerprint density at radius 2 is 1.88 bits per heavy atom. The summed E-state index contributed by atoms with van der Waals surface area (Å²) in [6, 6.07) is 13.8. The van der Waals surface area contributed by atoms with Crippen LogP contribution in [0.25, 0.3) is 11.6 Å². The third-order valence-electron chi connectivity index (χ3n) is 5.82. The van der Waals surface area contributed by atoms with Crippen LogP contribution in [0.2, 0.25) is 0 Å². The Bertz CT molecular complexity index is 933. The third kappa shape index (κ3) is 6.67. The van der Waals surface area contributed by atoms with Crippen molar-refractivity contribution < 1.29 is 14.3 Å². The van der Waals surface area contributed by atoms with Gasteiger partial charge < -0.3 is 14.4 Å². The van der Waals surface area contributed by atoms with Gasteiger partial charge in [0.05, 0.1) is 25.5 Å². The number of hydrogen-bond acceptors (Lipinski definition) is 4. The normalized spacial score (nSPS) is 15.6. The average Bonchev–Trinajstić information content (AvgIpc) is 3.42. The highest BCUT2D eigenvalue weighted by Gasteiger charge is 2.31. The van der Waals surface area contributed by atoms with Crippen LogP contribution in [0.5, 0.6) is 11.5 Å². The summed E-state index contributed by atoms with van der Waals surface area (Å²) in [6.07, 6.45) is 4.45. The molecule has 2 atom stereocenters. The van der Waals surface area contributed by atoms with Gasteiger partial charge in [-0.05, 0) is 59.9 Å². The zero-order valence-electron chi connectivity index (χ0n) is 20.6. The molecule has 3 rings (SSSR count). The summed E-state index contributed by atoms with van der Waals surface area (Å²) >= 11 is 1.76. The number of carbonyl (C=O) groups excluding carboxylic acids is 1. The van der Waals surface area contributed by atoms with Gasteiger partial charge in [0.2, 0.25) is 5.91 Å². The predicted molar refractivity (Wildman–Crippen MR) is 142 cm³/mol. The first kappa shape index (κ1) is 26.6. The summed E-state index contributed by atoms with van der Waals surface area (Å²) in [6.45, 7) is 12.2. The van der Waals surface area contributed by atoms with Crippen molar-refractivity contribution in [3.8, 4) is 11.5 Å². The van der Waals surface area contributed by atoms with Crippen LogP contribution in [0.4, 0.5) is 0 Å². The van der Waals surface area contributed by atoms with Crippen molar-refractivity contribution in [2.75, 3.05) is 27.0 Å². The largest absolute Gasteiger partial charge is 0.497 e. The molecule has 0 bridgehead atoms. The highest BCUT2D eigenvalue weighted by atomic mass is 32.2. The molecule has 0 aliphatic carbocycles. The standard InChI is InChI=1S/C26H31NO3S.C2H6/c1-6-19-9-10-21(17-24(19)30-5)18(2)16-23(20-11-13-22(29-4)14-12-20)27(3)26(28)25-8-7-15-31-25;1-2/h6,9-14,17,23,25H,1-2,7-8,15-16H2,3-5H3;1-2H3. The Labute approximate surface area is 203 Å². The second-order valence-corrected chi connectivity index (χ2v) is 9.02. The van der Waals surface area contributed by atoms with Crippen molar-refractivity contribution in [2.45, 2.75) is 44.4 Å². The number of rotatable bonds is 9. The molecule has 0 N–H and O–H groups in total. The fourth-order valence-corrected chi connectivity index (χ4v) is 5.17. The van der Waals surface area contributed by atoms with Gasteiger partial charge in [-0.15, -0.1) is 11.8 Å². The van der Waals surface area contributed by atoms with Crippen LogP contribution in [0.1, 0.15) is 55.8 Å². The van der Waals surface area contributed by atoms with Crippen LogP contribution in [0, 0.1) is 0 Å². The molecule has 0 spiro atoms. The molecular formula is C28H37NO3S. The summed E-state index contributed by atoms with van der Waals surface area (Å²) in [4.78, 5) is 15.1. The number of thioether (sulfide) groups is 1. The second-order valence-electron chi connectivity index (χ2n) is 7.71. The maximum atomic E-state index is 13.2. The van der Waals surface area contributed by atoms with Crippen molar-refractivity contribution >= 4 is 29.3 Å². The van der Waals surface area contributed by atoms with E-state index in [9.17, 15) is 4.79 Å². The van der Waals surface area contributed by atoms with Crippen LogP contribution in [-0.2, 0) is 4.79 Å². The van der Waals surface area contributed by atoms with Gasteiger partial charge in [-0.3, -0.25) is 4.79 Å². The van der Waals surface area contributed by atoms with Gasteiger partial charge >= 0.3 is 0 Å². The van der Waals surface area contributed by atoms with E-state index >= 15 is 0 Å². The van der Waals surface area contributed by atoms with Crippen LogP contribution in [0.15, 0.2) is 55.6 Å². The molecular weight excluding hydrogens is 430 g/mol. The molecule has 0 saturated carbocycles. The fraction of sp³-hybridized carbons (Fsp3) is 0.393. The molecule has 5 heteroatoms. The van der Waals surface area contributed by atoms with Crippen molar-refractivity contribution in [3.05, 3.63) is 72.3 Å². The number of methoxy groups -OCH3 is 2. The van der Waals surface area contributed by atoms with Gasteiger partial charge in [0.25, 0.3) is 0 Å². The molecule has 2 aromatic rings. The highest BCUT2D eigenvalue weighted by molar-refractivity contribution is 8.00. The topological polar surface area (TPSA) is 38.8 Å². The van der Waals surface area contributed by atoms with Gasteiger partial charge in [0.1, 0.15) is 11.5 Å². The van der Waals surface area contributed by atoms with Gasteiger partial charge in [-0.1, -0.05) is 57.3 Å². The Balaban J connectivity index is 0.00000187. The molecule has 1 heterocycles. The smallest absolute Gasteiger partial charge is 0.235 e. The minimum absolute atomic E-state index is 0.0472. The molecule has 2 aromatic carbocycles. The quantitative estimate of drug-likeness (QED) is 0.403. The minimum Gasteiger partial charge on any atom is -0.497 e. The lowest BCUT2D eigenvalue weighted by Gasteiger charge is -2.31. The molecule has 1 fully saturated rings. The maximum absolute atomic E-state index is 13.2. The number of amides is 1. The number of ether oxygens (including phenoxy) is 2. The van der Waals surface area contributed by atoms with Crippen molar-refractivity contribution in [1.82, 2.24) is 4.90 Å². The van der Waals surface area contributed by atoms with Crippen molar-refractivity contribution in [3.63, 3.8) is 0 Å². The number of hydrogen-bond donors (Lipinski definition) is 0. The van der Waals surface area contributed by atoms with Crippen molar-refractivity contribution in [1.29, 1.82) is 0 Å². The molecule has 33 heavy (non-hydrogen) atoms. The SMILES string of the molecule is C=Cc1ccc(C(=C)CC(c2ccc(OC)cc2)N(C)C(=O)C2CCCS2)cc1OC.CC. The first-order valence-corrected chi connectivity index (χ1v) is 12.5. The summed E-state index contributed by atoms with van der Waals surface area (Å²) < 4.78 is 10.8. The molecule has 1 aliphatic rings. The van der Waals surface area contributed by atoms with E-state index < -0.39 is 0 Å². The van der Waals surface area contributed by atoms with E-state index in [4.69, 9.17) is 9.47 Å². The summed E-state index contributed by atoms with van der Waals surface area (Å²) in [5.74, 6) is 2.81. The lowest BCUT2D eigenvalue weighted by molar-refractivity contribution is -0.131. The number of benzene rings is 2. The average molecular weight is 468 g/mol. The molecule has 1 amide bonds. The maximum Gasteiger partial charge on any atom is 0.235 e. The molecule has 2 unspecified atom stereocenters. The first-order valence-electron chi connectivity index (χ1n) is 11.5. The summed E-state index contributed by atoms with van der Waals surface area (Å²) in [5, 5.41) is 0.0472. The van der Waals surface area contributed by atoms with Gasteiger partial charge in [-0.25, -0.2) is 0 Å². The number of nitrogens with zero attached hydrogens (tertiary/aromatic N) is 1. The van der Waals surface area contributed by atoms with Gasteiger partial charge in [0.15, 0.2) is 0 Å². The van der Waals surface area contributed by atoms with E-state index in [-0.39, 0.29) is 17.2 Å². The van der Waals surface area contributed by atoms with E-state index in [0.29, 0.717) is 6.42 Å². The van der Waals surface area contributed by atoms with E-state index in [1.165, 1.54) is 0 Å². The van der Waals surface area contributed by atoms with Gasteiger partial charge in [0, 0.05) is 12.6 Å². The monoisotopic (exact) mass is 467 g/mol. The summed E-state index contributed by atoms with van der Waals surface area (Å²) in [5.41, 5.74) is 3.96. The lowest BCUT2D eigenvalue weighted by Crippen LogP contribution is -2.36. The van der Waals surface area contributed by atoms with Gasteiger partial charge in [-0.2, -0.15) is 0 Å². The van der Waals surface area contributed by atoms with E-state index in [1.807, 2.05) is 68.3 Å². The zero-order chi connectivity index (χ0) is 24.4. The van der Waals surface area contributed by atoms with Crippen LogP contribution in [-0.4, -0.2) is 43.1 Å². The van der Waals surface area contributed by atoms with Crippen LogP contribution < -0.4 is 9.47 Å². The van der Waals surface area contributed by atoms with E-state index in [1.54, 1.807) is 32.1 Å².